The van der Waals surface area contributed by atoms with Crippen molar-refractivity contribution < 1.29 is 14.3 Å². The largest absolute Gasteiger partial charge is 0.497 e. The lowest BCUT2D eigenvalue weighted by Crippen LogP contribution is -2.36. The molecule has 0 N–H and O–H groups in total. The molecule has 0 bridgehead atoms. The fourth-order valence-corrected chi connectivity index (χ4v) is 2.81. The first-order valence-corrected chi connectivity index (χ1v) is 7.46. The predicted molar refractivity (Wildman–Crippen MR) is 85.3 cm³/mol. The van der Waals surface area contributed by atoms with Gasteiger partial charge in [-0.3, -0.25) is 0 Å². The van der Waals surface area contributed by atoms with E-state index in [1.54, 1.807) is 12.0 Å². The quantitative estimate of drug-likeness (QED) is 0.852. The van der Waals surface area contributed by atoms with Crippen molar-refractivity contribution in [2.24, 2.45) is 0 Å². The van der Waals surface area contributed by atoms with Crippen LogP contribution in [0, 0.1) is 6.92 Å². The number of ether oxygens (including phenoxy) is 2. The molecule has 0 saturated heterocycles. The van der Waals surface area contributed by atoms with E-state index in [1.165, 1.54) is 7.11 Å². The monoisotopic (exact) mass is 313 g/mol. The van der Waals surface area contributed by atoms with E-state index in [2.05, 4.69) is 9.97 Å². The first-order valence-electron chi connectivity index (χ1n) is 7.46. The Bertz CT molecular complexity index is 729. The lowest BCUT2D eigenvalue weighted by atomic mass is 9.99. The molecule has 120 valence electrons. The third kappa shape index (κ3) is 2.97. The van der Waals surface area contributed by atoms with E-state index in [9.17, 15) is 4.79 Å². The van der Waals surface area contributed by atoms with Crippen LogP contribution in [0.25, 0.3) is 11.3 Å². The summed E-state index contributed by atoms with van der Waals surface area (Å²) in [6, 6.07) is 7.75. The molecule has 0 aliphatic carbocycles. The van der Waals surface area contributed by atoms with Gasteiger partial charge in [-0.25, -0.2) is 14.8 Å². The molecule has 1 aromatic carbocycles. The molecule has 0 fully saturated rings. The van der Waals surface area contributed by atoms with Gasteiger partial charge < -0.3 is 14.4 Å². The van der Waals surface area contributed by atoms with Crippen molar-refractivity contribution in [2.45, 2.75) is 19.9 Å². The van der Waals surface area contributed by atoms with Crippen molar-refractivity contribution in [3.63, 3.8) is 0 Å². The summed E-state index contributed by atoms with van der Waals surface area (Å²) in [6.07, 6.45) is 0.383. The van der Waals surface area contributed by atoms with Crippen LogP contribution in [0.15, 0.2) is 24.3 Å². The maximum absolute atomic E-state index is 11.8. The number of amides is 1. The van der Waals surface area contributed by atoms with Crippen LogP contribution >= 0.6 is 0 Å². The van der Waals surface area contributed by atoms with E-state index in [0.29, 0.717) is 19.5 Å². The number of rotatable bonds is 2. The normalized spacial score (nSPS) is 13.4. The van der Waals surface area contributed by atoms with Crippen LogP contribution in [0.5, 0.6) is 5.75 Å². The second kappa shape index (κ2) is 6.24. The average molecular weight is 313 g/mol. The number of fused-ring (bicyclic) bond motifs is 1. The SMILES string of the molecule is COC(=O)N1CCc2nc(C)nc(-c3ccc(OC)cc3)c2C1. The van der Waals surface area contributed by atoms with Gasteiger partial charge in [-0.1, -0.05) is 0 Å². The molecule has 0 atom stereocenters. The fraction of sp³-hybridized carbons (Fsp3) is 0.353. The first-order chi connectivity index (χ1) is 11.1. The lowest BCUT2D eigenvalue weighted by molar-refractivity contribution is 0.118. The molecular formula is C17H19N3O3. The Kier molecular flexibility index (Phi) is 4.14. The second-order valence-corrected chi connectivity index (χ2v) is 5.41. The van der Waals surface area contributed by atoms with Crippen molar-refractivity contribution in [2.75, 3.05) is 20.8 Å². The number of aromatic nitrogens is 2. The molecule has 1 aromatic heterocycles. The molecule has 1 aliphatic rings. The number of methoxy groups -OCH3 is 2. The smallest absolute Gasteiger partial charge is 0.409 e. The van der Waals surface area contributed by atoms with E-state index < -0.39 is 0 Å². The van der Waals surface area contributed by atoms with Crippen molar-refractivity contribution >= 4 is 6.09 Å². The van der Waals surface area contributed by atoms with E-state index in [0.717, 1.165) is 34.1 Å². The topological polar surface area (TPSA) is 64.5 Å². The highest BCUT2D eigenvalue weighted by Gasteiger charge is 2.25. The molecule has 0 radical (unpaired) electrons. The van der Waals surface area contributed by atoms with Crippen molar-refractivity contribution in [3.05, 3.63) is 41.3 Å². The zero-order valence-corrected chi connectivity index (χ0v) is 13.5. The number of carbonyl (C=O) groups excluding carboxylic acids is 1. The molecule has 0 saturated carbocycles. The Balaban J connectivity index is 2.03. The van der Waals surface area contributed by atoms with Crippen LogP contribution in [0.1, 0.15) is 17.1 Å². The van der Waals surface area contributed by atoms with Crippen molar-refractivity contribution in [1.29, 1.82) is 0 Å². The van der Waals surface area contributed by atoms with Gasteiger partial charge in [0.05, 0.1) is 32.2 Å². The van der Waals surface area contributed by atoms with E-state index in [1.807, 2.05) is 31.2 Å². The number of carbonyl (C=O) groups is 1. The number of hydrogen-bond acceptors (Lipinski definition) is 5. The van der Waals surface area contributed by atoms with Gasteiger partial charge in [0.2, 0.25) is 0 Å². The maximum Gasteiger partial charge on any atom is 0.409 e. The summed E-state index contributed by atoms with van der Waals surface area (Å²) < 4.78 is 10.0. The molecule has 6 heteroatoms. The Labute approximate surface area is 135 Å². The van der Waals surface area contributed by atoms with Gasteiger partial charge in [0, 0.05) is 24.1 Å². The minimum absolute atomic E-state index is 0.322. The molecule has 1 amide bonds. The fourth-order valence-electron chi connectivity index (χ4n) is 2.81. The van der Waals surface area contributed by atoms with Crippen molar-refractivity contribution in [3.8, 4) is 17.0 Å². The number of hydrogen-bond donors (Lipinski definition) is 0. The Morgan fingerprint density at radius 2 is 1.91 bits per heavy atom. The van der Waals surface area contributed by atoms with Crippen LogP contribution in [-0.2, 0) is 17.7 Å². The predicted octanol–water partition coefficient (Wildman–Crippen LogP) is 2.59. The molecule has 23 heavy (non-hydrogen) atoms. The molecule has 1 aliphatic heterocycles. The Morgan fingerprint density at radius 1 is 1.17 bits per heavy atom. The van der Waals surface area contributed by atoms with Gasteiger partial charge in [-0.15, -0.1) is 0 Å². The molecule has 3 rings (SSSR count). The summed E-state index contributed by atoms with van der Waals surface area (Å²) >= 11 is 0. The Hall–Kier alpha value is -2.63. The van der Waals surface area contributed by atoms with Crippen LogP contribution in [0.3, 0.4) is 0 Å². The van der Waals surface area contributed by atoms with E-state index in [-0.39, 0.29) is 6.09 Å². The van der Waals surface area contributed by atoms with Crippen LogP contribution in [-0.4, -0.2) is 41.7 Å². The molecule has 2 heterocycles. The minimum atomic E-state index is -0.322. The Morgan fingerprint density at radius 3 is 2.57 bits per heavy atom. The molecule has 2 aromatic rings. The van der Waals surface area contributed by atoms with Gasteiger partial charge in [0.25, 0.3) is 0 Å². The summed E-state index contributed by atoms with van der Waals surface area (Å²) in [5, 5.41) is 0. The molecular weight excluding hydrogens is 294 g/mol. The highest BCUT2D eigenvalue weighted by molar-refractivity contribution is 5.70. The highest BCUT2D eigenvalue weighted by Crippen LogP contribution is 2.29. The van der Waals surface area contributed by atoms with Crippen molar-refractivity contribution in [1.82, 2.24) is 14.9 Å². The lowest BCUT2D eigenvalue weighted by Gasteiger charge is -2.28. The summed E-state index contributed by atoms with van der Waals surface area (Å²) in [5.74, 6) is 1.53. The van der Waals surface area contributed by atoms with Gasteiger partial charge in [0.15, 0.2) is 0 Å². The summed E-state index contributed by atoms with van der Waals surface area (Å²) in [6.45, 7) is 2.96. The van der Waals surface area contributed by atoms with Gasteiger partial charge in [0.1, 0.15) is 11.6 Å². The van der Waals surface area contributed by atoms with Crippen LogP contribution in [0.4, 0.5) is 4.79 Å². The average Bonchev–Trinajstić information content (AvgIpc) is 2.60. The number of nitrogens with zero attached hydrogens (tertiary/aromatic N) is 3. The number of benzene rings is 1. The van der Waals surface area contributed by atoms with E-state index >= 15 is 0 Å². The first kappa shape index (κ1) is 15.3. The third-order valence-electron chi connectivity index (χ3n) is 3.97. The minimum Gasteiger partial charge on any atom is -0.497 e. The summed E-state index contributed by atoms with van der Waals surface area (Å²) in [5.41, 5.74) is 3.84. The zero-order valence-electron chi connectivity index (χ0n) is 13.5. The second-order valence-electron chi connectivity index (χ2n) is 5.41. The third-order valence-corrected chi connectivity index (χ3v) is 3.97. The van der Waals surface area contributed by atoms with Gasteiger partial charge >= 0.3 is 6.09 Å². The summed E-state index contributed by atoms with van der Waals surface area (Å²) in [4.78, 5) is 22.6. The van der Waals surface area contributed by atoms with Crippen LogP contribution < -0.4 is 4.74 Å². The van der Waals surface area contributed by atoms with Gasteiger partial charge in [-0.2, -0.15) is 0 Å². The maximum atomic E-state index is 11.8. The van der Waals surface area contributed by atoms with Gasteiger partial charge in [-0.05, 0) is 31.2 Å². The highest BCUT2D eigenvalue weighted by atomic mass is 16.5. The van der Waals surface area contributed by atoms with Crippen LogP contribution in [0.2, 0.25) is 0 Å². The zero-order chi connectivity index (χ0) is 16.4. The standard InChI is InChI=1S/C17H19N3O3/c1-11-18-15-8-9-20(17(21)23-3)10-14(15)16(19-11)12-4-6-13(22-2)7-5-12/h4-7H,8-10H2,1-3H3. The molecule has 0 spiro atoms. The molecule has 6 nitrogen and oxygen atoms in total. The summed E-state index contributed by atoms with van der Waals surface area (Å²) in [7, 11) is 3.04. The molecule has 0 unspecified atom stereocenters. The number of aryl methyl sites for hydroxylation is 1. The van der Waals surface area contributed by atoms with E-state index in [4.69, 9.17) is 9.47 Å².